The molecule has 0 bridgehead atoms. The number of rotatable bonds is 8. The summed E-state index contributed by atoms with van der Waals surface area (Å²) in [6.07, 6.45) is 2.53. The number of halogens is 1. The van der Waals surface area contributed by atoms with E-state index in [0.29, 0.717) is 18.0 Å². The number of anilines is 1. The number of methoxy groups -OCH3 is 1. The largest absolute Gasteiger partial charge is 0.383 e. The van der Waals surface area contributed by atoms with Crippen molar-refractivity contribution in [2.24, 2.45) is 5.92 Å². The minimum absolute atomic E-state index is 0.138. The summed E-state index contributed by atoms with van der Waals surface area (Å²) in [6, 6.07) is 5.53. The summed E-state index contributed by atoms with van der Waals surface area (Å²) in [6.45, 7) is 3.68. The van der Waals surface area contributed by atoms with E-state index in [2.05, 4.69) is 27.8 Å². The Hall–Kier alpha value is -1.14. The Bertz CT molecular complexity index is 506. The number of alkyl halides is 1. The van der Waals surface area contributed by atoms with E-state index in [1.165, 1.54) is 12.8 Å². The highest BCUT2D eigenvalue weighted by Gasteiger charge is 2.33. The first-order valence-electron chi connectivity index (χ1n) is 7.17. The number of hydrogen-bond acceptors (Lipinski definition) is 4. The van der Waals surface area contributed by atoms with Crippen molar-refractivity contribution < 1.29 is 9.66 Å². The smallest absolute Gasteiger partial charge is 0.269 e. The third kappa shape index (κ3) is 3.95. The zero-order chi connectivity index (χ0) is 15.4. The maximum atomic E-state index is 10.9. The van der Waals surface area contributed by atoms with Gasteiger partial charge in [0.2, 0.25) is 0 Å². The molecule has 116 valence electrons. The van der Waals surface area contributed by atoms with Gasteiger partial charge in [0.25, 0.3) is 5.69 Å². The topological polar surface area (TPSA) is 55.6 Å². The lowest BCUT2D eigenvalue weighted by molar-refractivity contribution is -0.384. The summed E-state index contributed by atoms with van der Waals surface area (Å²) in [5.41, 5.74) is 2.15. The van der Waals surface area contributed by atoms with Gasteiger partial charge in [-0.25, -0.2) is 0 Å². The summed E-state index contributed by atoms with van der Waals surface area (Å²) >= 11 is 3.45. The average Bonchev–Trinajstić information content (AvgIpc) is 3.31. The fourth-order valence-electron chi connectivity index (χ4n) is 2.64. The van der Waals surface area contributed by atoms with Crippen LogP contribution in [0.5, 0.6) is 0 Å². The summed E-state index contributed by atoms with van der Waals surface area (Å²) < 4.78 is 5.22. The summed E-state index contributed by atoms with van der Waals surface area (Å²) in [4.78, 5) is 12.9. The maximum Gasteiger partial charge on any atom is 0.269 e. The van der Waals surface area contributed by atoms with Crippen LogP contribution in [-0.4, -0.2) is 31.2 Å². The Labute approximate surface area is 133 Å². The number of nitro groups is 1. The fraction of sp³-hybridized carbons (Fsp3) is 0.600. The van der Waals surface area contributed by atoms with E-state index < -0.39 is 0 Å². The molecule has 0 aromatic heterocycles. The van der Waals surface area contributed by atoms with E-state index in [1.807, 2.05) is 6.07 Å². The predicted molar refractivity (Wildman–Crippen MR) is 87.1 cm³/mol. The quantitative estimate of drug-likeness (QED) is 0.404. The Morgan fingerprint density at radius 2 is 2.24 bits per heavy atom. The molecule has 1 aliphatic rings. The first-order valence-corrected chi connectivity index (χ1v) is 8.29. The van der Waals surface area contributed by atoms with E-state index in [9.17, 15) is 10.1 Å². The molecule has 6 heteroatoms. The Morgan fingerprint density at radius 3 is 2.76 bits per heavy atom. The van der Waals surface area contributed by atoms with Gasteiger partial charge in [0.1, 0.15) is 0 Å². The minimum Gasteiger partial charge on any atom is -0.383 e. The van der Waals surface area contributed by atoms with Crippen molar-refractivity contribution in [1.82, 2.24) is 0 Å². The molecule has 1 saturated carbocycles. The molecule has 0 N–H and O–H groups in total. The van der Waals surface area contributed by atoms with E-state index >= 15 is 0 Å². The maximum absolute atomic E-state index is 10.9. The van der Waals surface area contributed by atoms with Gasteiger partial charge >= 0.3 is 0 Å². The van der Waals surface area contributed by atoms with Crippen molar-refractivity contribution in [3.63, 3.8) is 0 Å². The fourth-order valence-corrected chi connectivity index (χ4v) is 3.09. The molecule has 0 heterocycles. The van der Waals surface area contributed by atoms with Crippen LogP contribution in [0.25, 0.3) is 0 Å². The molecule has 1 atom stereocenters. The molecule has 1 aromatic carbocycles. The van der Waals surface area contributed by atoms with E-state index in [1.54, 1.807) is 19.2 Å². The average molecular weight is 357 g/mol. The minimum atomic E-state index is -0.347. The molecule has 1 aliphatic carbocycles. The number of benzene rings is 1. The highest BCUT2D eigenvalue weighted by Crippen LogP contribution is 2.38. The number of nitro benzene ring substituents is 1. The molecule has 1 aromatic rings. The van der Waals surface area contributed by atoms with Gasteiger partial charge in [-0.05, 0) is 37.3 Å². The third-order valence-corrected chi connectivity index (χ3v) is 4.66. The molecule has 1 unspecified atom stereocenters. The Kier molecular flexibility index (Phi) is 5.58. The highest BCUT2D eigenvalue weighted by molar-refractivity contribution is 9.08. The molecule has 0 spiro atoms. The zero-order valence-corrected chi connectivity index (χ0v) is 14.0. The van der Waals surface area contributed by atoms with Crippen molar-refractivity contribution in [1.29, 1.82) is 0 Å². The van der Waals surface area contributed by atoms with Gasteiger partial charge in [-0.15, -0.1) is 0 Å². The first kappa shape index (κ1) is 16.2. The second-order valence-corrected chi connectivity index (χ2v) is 6.03. The molecular formula is C15H21BrN2O3. The first-order chi connectivity index (χ1) is 10.1. The van der Waals surface area contributed by atoms with E-state index in [-0.39, 0.29) is 10.6 Å². The van der Waals surface area contributed by atoms with Crippen molar-refractivity contribution >= 4 is 27.3 Å². The van der Waals surface area contributed by atoms with Crippen molar-refractivity contribution in [2.75, 3.05) is 25.2 Å². The van der Waals surface area contributed by atoms with Crippen LogP contribution in [0.3, 0.4) is 0 Å². The second-order valence-electron chi connectivity index (χ2n) is 5.47. The van der Waals surface area contributed by atoms with E-state index in [0.717, 1.165) is 23.7 Å². The van der Waals surface area contributed by atoms with Crippen molar-refractivity contribution in [3.8, 4) is 0 Å². The zero-order valence-electron chi connectivity index (χ0n) is 12.4. The lowest BCUT2D eigenvalue weighted by Gasteiger charge is -2.33. The molecule has 0 amide bonds. The molecule has 2 rings (SSSR count). The van der Waals surface area contributed by atoms with Gasteiger partial charge in [-0.1, -0.05) is 15.9 Å². The van der Waals surface area contributed by atoms with Crippen LogP contribution in [0.15, 0.2) is 18.2 Å². The molecule has 5 nitrogen and oxygen atoms in total. The number of hydrogen-bond donors (Lipinski definition) is 0. The number of nitrogens with zero attached hydrogens (tertiary/aromatic N) is 2. The summed E-state index contributed by atoms with van der Waals surface area (Å²) in [5, 5.41) is 11.5. The van der Waals surface area contributed by atoms with E-state index in [4.69, 9.17) is 4.74 Å². The van der Waals surface area contributed by atoms with Crippen molar-refractivity contribution in [2.45, 2.75) is 31.1 Å². The normalized spacial score (nSPS) is 15.8. The Balaban J connectivity index is 2.30. The molecule has 0 radical (unpaired) electrons. The SMILES string of the molecule is COCCN(c1ccc([N+](=O)[O-])cc1CBr)C(C)C1CC1. The molecule has 1 fully saturated rings. The lowest BCUT2D eigenvalue weighted by atomic mass is 10.1. The van der Waals surface area contributed by atoms with Gasteiger partial charge in [-0.3, -0.25) is 10.1 Å². The summed E-state index contributed by atoms with van der Waals surface area (Å²) in [5.74, 6) is 0.722. The molecule has 21 heavy (non-hydrogen) atoms. The van der Waals surface area contributed by atoms with Gasteiger partial charge in [0.15, 0.2) is 0 Å². The van der Waals surface area contributed by atoms with Crippen molar-refractivity contribution in [3.05, 3.63) is 33.9 Å². The summed E-state index contributed by atoms with van der Waals surface area (Å²) in [7, 11) is 1.70. The van der Waals surface area contributed by atoms with Crippen LogP contribution in [0.2, 0.25) is 0 Å². The van der Waals surface area contributed by atoms with Crippen LogP contribution in [0.4, 0.5) is 11.4 Å². The number of ether oxygens (including phenoxy) is 1. The van der Waals surface area contributed by atoms with Crippen LogP contribution in [0.1, 0.15) is 25.3 Å². The standard InChI is InChI=1S/C15H21BrN2O3/c1-11(12-3-4-12)17(7-8-21-2)15-6-5-14(18(19)20)9-13(15)10-16/h5-6,9,11-12H,3-4,7-8,10H2,1-2H3. The lowest BCUT2D eigenvalue weighted by Crippen LogP contribution is -2.37. The van der Waals surface area contributed by atoms with Gasteiger partial charge in [0.05, 0.1) is 11.5 Å². The van der Waals surface area contributed by atoms with Gasteiger partial charge < -0.3 is 9.64 Å². The van der Waals surface area contributed by atoms with Crippen LogP contribution in [-0.2, 0) is 10.1 Å². The Morgan fingerprint density at radius 1 is 1.52 bits per heavy atom. The molecular weight excluding hydrogens is 336 g/mol. The molecule has 0 saturated heterocycles. The second kappa shape index (κ2) is 7.22. The predicted octanol–water partition coefficient (Wildman–Crippen LogP) is 3.74. The van der Waals surface area contributed by atoms with Crippen LogP contribution < -0.4 is 4.90 Å². The van der Waals surface area contributed by atoms with Crippen LogP contribution in [0, 0.1) is 16.0 Å². The monoisotopic (exact) mass is 356 g/mol. The molecule has 0 aliphatic heterocycles. The van der Waals surface area contributed by atoms with Gasteiger partial charge in [-0.2, -0.15) is 0 Å². The van der Waals surface area contributed by atoms with Crippen LogP contribution >= 0.6 is 15.9 Å². The highest BCUT2D eigenvalue weighted by atomic mass is 79.9. The number of non-ortho nitro benzene ring substituents is 1. The third-order valence-electron chi connectivity index (χ3n) is 4.06. The van der Waals surface area contributed by atoms with Gasteiger partial charge in [0, 0.05) is 42.8 Å².